The van der Waals surface area contributed by atoms with Gasteiger partial charge in [-0.2, -0.15) is 0 Å². The van der Waals surface area contributed by atoms with Crippen molar-refractivity contribution >= 4 is 46.1 Å². The van der Waals surface area contributed by atoms with Crippen LogP contribution in [0.25, 0.3) is 0 Å². The molecule has 0 aliphatic carbocycles. The second-order valence-corrected chi connectivity index (χ2v) is 11.8. The summed E-state index contributed by atoms with van der Waals surface area (Å²) in [6, 6.07) is 0.537. The Morgan fingerprint density at radius 3 is 2.13 bits per heavy atom. The Balaban J connectivity index is 0.00000480. The number of rotatable bonds is 6. The highest BCUT2D eigenvalue weighted by Gasteiger charge is 2.45. The smallest absolute Gasteiger partial charge is 0.410 e. The number of hydrogen-bond donors (Lipinski definition) is 3. The lowest BCUT2D eigenvalue weighted by Gasteiger charge is -2.40. The lowest BCUT2D eigenvalue weighted by molar-refractivity contribution is 0.00544. The molecule has 2 rings (SSSR count). The van der Waals surface area contributed by atoms with Crippen molar-refractivity contribution < 1.29 is 17.9 Å². The van der Waals surface area contributed by atoms with Crippen LogP contribution in [0.4, 0.5) is 4.79 Å². The highest BCUT2D eigenvalue weighted by atomic mass is 127. The largest absolute Gasteiger partial charge is 0.444 e. The van der Waals surface area contributed by atoms with Crippen LogP contribution < -0.4 is 15.4 Å². The summed E-state index contributed by atoms with van der Waals surface area (Å²) in [6.45, 7) is 12.3. The maximum absolute atomic E-state index is 12.6. The van der Waals surface area contributed by atoms with E-state index in [9.17, 15) is 13.2 Å². The molecule has 0 aromatic rings. The number of halogens is 1. The summed E-state index contributed by atoms with van der Waals surface area (Å²) in [4.78, 5) is 19.1. The molecule has 0 radical (unpaired) electrons. The van der Waals surface area contributed by atoms with Crippen molar-refractivity contribution in [3.8, 4) is 0 Å². The Labute approximate surface area is 204 Å². The molecule has 2 unspecified atom stereocenters. The minimum absolute atomic E-state index is 0. The molecule has 2 aliphatic rings. The summed E-state index contributed by atoms with van der Waals surface area (Å²) < 4.78 is 31.3. The molecule has 2 fully saturated rings. The SMILES string of the molecule is CCNC(=NCC(C)(C)NS(C)(=O)=O)NC1CC2CCC(C1)N2C(=O)OC(C)(C)C.I. The van der Waals surface area contributed by atoms with Gasteiger partial charge in [0.1, 0.15) is 5.60 Å². The number of guanidine groups is 1. The normalized spacial score (nSPS) is 24.4. The van der Waals surface area contributed by atoms with E-state index in [0.29, 0.717) is 19.0 Å². The predicted octanol–water partition coefficient (Wildman–Crippen LogP) is 2.42. The number of nitrogens with one attached hydrogen (secondary N) is 3. The Morgan fingerprint density at radius 2 is 1.68 bits per heavy atom. The van der Waals surface area contributed by atoms with Crippen LogP contribution in [0.5, 0.6) is 0 Å². The Bertz CT molecular complexity index is 737. The standard InChI is InChI=1S/C20H39N5O4S.HI/c1-8-21-17(22-13-20(5,6)24-30(7,27)28)23-14-11-15-9-10-16(12-14)25(15)18(26)29-19(2,3)4;/h14-16,24H,8-13H2,1-7H3,(H2,21,22,23);1H. The molecule has 0 aromatic carbocycles. The van der Waals surface area contributed by atoms with E-state index in [0.717, 1.165) is 31.9 Å². The molecule has 0 aromatic heterocycles. The van der Waals surface area contributed by atoms with E-state index in [1.165, 1.54) is 0 Å². The molecular weight excluding hydrogens is 533 g/mol. The van der Waals surface area contributed by atoms with Crippen LogP contribution in [-0.2, 0) is 14.8 Å². The molecule has 2 bridgehead atoms. The maximum Gasteiger partial charge on any atom is 0.410 e. The second kappa shape index (κ2) is 10.9. The second-order valence-electron chi connectivity index (χ2n) is 10.0. The lowest BCUT2D eigenvalue weighted by atomic mass is 9.98. The van der Waals surface area contributed by atoms with Gasteiger partial charge in [0.15, 0.2) is 5.96 Å². The molecule has 1 amide bonds. The number of carbonyl (C=O) groups excluding carboxylic acids is 1. The average Bonchev–Trinajstić information content (AvgIpc) is 2.81. The van der Waals surface area contributed by atoms with Crippen molar-refractivity contribution in [3.05, 3.63) is 0 Å². The van der Waals surface area contributed by atoms with E-state index in [1.807, 2.05) is 32.6 Å². The molecule has 31 heavy (non-hydrogen) atoms. The number of fused-ring (bicyclic) bond motifs is 2. The summed E-state index contributed by atoms with van der Waals surface area (Å²) in [5.41, 5.74) is -1.18. The molecule has 2 atom stereocenters. The Morgan fingerprint density at radius 1 is 1.13 bits per heavy atom. The summed E-state index contributed by atoms with van der Waals surface area (Å²) in [5.74, 6) is 0.663. The maximum atomic E-state index is 12.6. The van der Waals surface area contributed by atoms with Gasteiger partial charge in [0.25, 0.3) is 0 Å². The number of aliphatic imine (C=N–C) groups is 1. The minimum atomic E-state index is -3.31. The average molecular weight is 574 g/mol. The van der Waals surface area contributed by atoms with Gasteiger partial charge in [0.2, 0.25) is 10.0 Å². The van der Waals surface area contributed by atoms with Crippen molar-refractivity contribution in [1.29, 1.82) is 0 Å². The zero-order valence-electron chi connectivity index (χ0n) is 19.8. The van der Waals surface area contributed by atoms with Gasteiger partial charge in [-0.15, -0.1) is 24.0 Å². The molecule has 9 nitrogen and oxygen atoms in total. The summed E-state index contributed by atoms with van der Waals surface area (Å²) in [6.07, 6.45) is 4.58. The number of sulfonamides is 1. The minimum Gasteiger partial charge on any atom is -0.444 e. The van der Waals surface area contributed by atoms with Crippen LogP contribution in [0.2, 0.25) is 0 Å². The van der Waals surface area contributed by atoms with Crippen molar-refractivity contribution in [2.45, 2.75) is 96.5 Å². The first-order chi connectivity index (χ1) is 13.7. The van der Waals surface area contributed by atoms with Crippen LogP contribution >= 0.6 is 24.0 Å². The molecule has 3 N–H and O–H groups in total. The monoisotopic (exact) mass is 573 g/mol. The van der Waals surface area contributed by atoms with Gasteiger partial charge >= 0.3 is 6.09 Å². The van der Waals surface area contributed by atoms with Gasteiger partial charge < -0.3 is 20.3 Å². The number of hydrogen-bond acceptors (Lipinski definition) is 5. The van der Waals surface area contributed by atoms with Crippen molar-refractivity contribution in [1.82, 2.24) is 20.3 Å². The zero-order valence-corrected chi connectivity index (χ0v) is 23.0. The van der Waals surface area contributed by atoms with Crippen LogP contribution in [-0.4, -0.2) is 74.0 Å². The van der Waals surface area contributed by atoms with Gasteiger partial charge in [-0.05, 0) is 67.2 Å². The molecule has 2 aliphatic heterocycles. The number of nitrogens with zero attached hydrogens (tertiary/aromatic N) is 2. The van der Waals surface area contributed by atoms with Crippen molar-refractivity contribution in [2.75, 3.05) is 19.3 Å². The van der Waals surface area contributed by atoms with E-state index >= 15 is 0 Å². The predicted molar refractivity (Wildman–Crippen MR) is 134 cm³/mol. The third-order valence-corrected chi connectivity index (χ3v) is 6.04. The molecular formula is C20H40IN5O4S. The van der Waals surface area contributed by atoms with Crippen LogP contribution in [0.15, 0.2) is 4.99 Å². The van der Waals surface area contributed by atoms with Gasteiger partial charge in [0, 0.05) is 30.2 Å². The zero-order chi connectivity index (χ0) is 22.7. The molecule has 0 saturated carbocycles. The Kier molecular flexibility index (Phi) is 9.89. The van der Waals surface area contributed by atoms with E-state index in [2.05, 4.69) is 20.3 Å². The molecule has 0 spiro atoms. The lowest BCUT2D eigenvalue weighted by Crippen LogP contribution is -2.55. The summed E-state index contributed by atoms with van der Waals surface area (Å²) in [7, 11) is -3.31. The quantitative estimate of drug-likeness (QED) is 0.256. The van der Waals surface area contributed by atoms with Crippen LogP contribution in [0, 0.1) is 0 Å². The van der Waals surface area contributed by atoms with Crippen molar-refractivity contribution in [2.24, 2.45) is 4.99 Å². The highest BCUT2D eigenvalue weighted by molar-refractivity contribution is 14.0. The first kappa shape index (κ1) is 28.2. The van der Waals surface area contributed by atoms with E-state index in [-0.39, 0.29) is 48.2 Å². The fraction of sp³-hybridized carbons (Fsp3) is 0.900. The molecule has 182 valence electrons. The topological polar surface area (TPSA) is 112 Å². The fourth-order valence-electron chi connectivity index (χ4n) is 4.23. The van der Waals surface area contributed by atoms with E-state index in [1.54, 1.807) is 13.8 Å². The van der Waals surface area contributed by atoms with Crippen LogP contribution in [0.1, 0.15) is 67.2 Å². The van der Waals surface area contributed by atoms with Gasteiger partial charge in [-0.25, -0.2) is 17.9 Å². The van der Waals surface area contributed by atoms with Gasteiger partial charge in [-0.1, -0.05) is 0 Å². The van der Waals surface area contributed by atoms with E-state index in [4.69, 9.17) is 4.74 Å². The first-order valence-corrected chi connectivity index (χ1v) is 12.6. The summed E-state index contributed by atoms with van der Waals surface area (Å²) in [5, 5.41) is 6.72. The van der Waals surface area contributed by atoms with Gasteiger partial charge in [-0.3, -0.25) is 4.99 Å². The third kappa shape index (κ3) is 9.29. The van der Waals surface area contributed by atoms with Crippen molar-refractivity contribution in [3.63, 3.8) is 0 Å². The molecule has 11 heteroatoms. The summed E-state index contributed by atoms with van der Waals surface area (Å²) >= 11 is 0. The Hall–Kier alpha value is -0.820. The number of amides is 1. The van der Waals surface area contributed by atoms with Crippen LogP contribution in [0.3, 0.4) is 0 Å². The third-order valence-electron chi connectivity index (χ3n) is 5.12. The first-order valence-electron chi connectivity index (χ1n) is 10.7. The number of piperidine rings is 1. The molecule has 2 heterocycles. The number of carbonyl (C=O) groups is 1. The highest BCUT2D eigenvalue weighted by Crippen LogP contribution is 2.36. The number of ether oxygens (including phenoxy) is 1. The fourth-order valence-corrected chi connectivity index (χ4v) is 5.30. The van der Waals surface area contributed by atoms with Gasteiger partial charge in [0.05, 0.1) is 12.8 Å². The molecule has 2 saturated heterocycles. The van der Waals surface area contributed by atoms with E-state index < -0.39 is 21.2 Å².